The zero-order valence-electron chi connectivity index (χ0n) is 14.4. The van der Waals surface area contributed by atoms with Gasteiger partial charge in [0.1, 0.15) is 5.82 Å². The van der Waals surface area contributed by atoms with Crippen LogP contribution in [0.2, 0.25) is 0 Å². The molecule has 0 spiro atoms. The van der Waals surface area contributed by atoms with E-state index in [1.54, 1.807) is 6.20 Å². The molecule has 128 valence electrons. The van der Waals surface area contributed by atoms with Gasteiger partial charge in [-0.3, -0.25) is 0 Å². The van der Waals surface area contributed by atoms with Crippen LogP contribution in [0.5, 0.6) is 0 Å². The molecule has 0 bridgehead atoms. The highest BCUT2D eigenvalue weighted by Gasteiger charge is 2.38. The molecule has 4 atom stereocenters. The third kappa shape index (κ3) is 4.13. The lowest BCUT2D eigenvalue weighted by Crippen LogP contribution is -2.52. The summed E-state index contributed by atoms with van der Waals surface area (Å²) in [6.07, 6.45) is 3.13. The topological polar surface area (TPSA) is 43.4 Å². The molecule has 3 rings (SSSR count). The molecule has 2 aromatic rings. The molecule has 1 aliphatic rings. The average Bonchev–Trinajstić information content (AvgIpc) is 2.63. The Morgan fingerprint density at radius 3 is 2.67 bits per heavy atom. The van der Waals surface area contributed by atoms with E-state index < -0.39 is 0 Å². The van der Waals surface area contributed by atoms with Crippen LogP contribution in [0.25, 0.3) is 0 Å². The standard InChI is InChI=1S/C20H26N2O2/c1-3-18-15(2)20(24-13-16-9-5-4-6-10-16)17(14-23-18)22-19-11-7-8-12-21-19/h4-12,15,17-18,20H,3,13-14H2,1-2H3,(H,21,22)/t15-,17-,18+,20-/m0/s1. The number of ether oxygens (including phenoxy) is 2. The molecule has 1 aliphatic heterocycles. The second kappa shape index (κ2) is 8.27. The molecule has 1 N–H and O–H groups in total. The van der Waals surface area contributed by atoms with Gasteiger partial charge in [-0.25, -0.2) is 4.98 Å². The van der Waals surface area contributed by atoms with E-state index >= 15 is 0 Å². The number of anilines is 1. The van der Waals surface area contributed by atoms with Gasteiger partial charge >= 0.3 is 0 Å². The van der Waals surface area contributed by atoms with Crippen LogP contribution >= 0.6 is 0 Å². The van der Waals surface area contributed by atoms with Gasteiger partial charge in [0.2, 0.25) is 0 Å². The summed E-state index contributed by atoms with van der Waals surface area (Å²) < 4.78 is 12.4. The number of nitrogens with zero attached hydrogens (tertiary/aromatic N) is 1. The van der Waals surface area contributed by atoms with Crippen molar-refractivity contribution in [1.82, 2.24) is 4.98 Å². The van der Waals surface area contributed by atoms with E-state index in [2.05, 4.69) is 36.3 Å². The second-order valence-electron chi connectivity index (χ2n) is 6.37. The van der Waals surface area contributed by atoms with Crippen molar-refractivity contribution in [3.05, 3.63) is 60.3 Å². The van der Waals surface area contributed by atoms with Crippen molar-refractivity contribution in [3.8, 4) is 0 Å². The maximum Gasteiger partial charge on any atom is 0.126 e. The maximum absolute atomic E-state index is 6.33. The number of hydrogen-bond donors (Lipinski definition) is 1. The van der Waals surface area contributed by atoms with E-state index in [9.17, 15) is 0 Å². The minimum Gasteiger partial charge on any atom is -0.376 e. The Hall–Kier alpha value is -1.91. The van der Waals surface area contributed by atoms with E-state index in [0.717, 1.165) is 12.2 Å². The third-order valence-corrected chi connectivity index (χ3v) is 4.68. The van der Waals surface area contributed by atoms with Crippen LogP contribution in [0, 0.1) is 5.92 Å². The van der Waals surface area contributed by atoms with Crippen molar-refractivity contribution in [3.63, 3.8) is 0 Å². The summed E-state index contributed by atoms with van der Waals surface area (Å²) in [6, 6.07) is 16.3. The molecular weight excluding hydrogens is 300 g/mol. The van der Waals surface area contributed by atoms with Gasteiger partial charge < -0.3 is 14.8 Å². The van der Waals surface area contributed by atoms with Crippen molar-refractivity contribution in [2.75, 3.05) is 11.9 Å². The fraction of sp³-hybridized carbons (Fsp3) is 0.450. The van der Waals surface area contributed by atoms with Crippen LogP contribution in [-0.4, -0.2) is 29.8 Å². The smallest absolute Gasteiger partial charge is 0.126 e. The molecule has 1 fully saturated rings. The Morgan fingerprint density at radius 1 is 1.17 bits per heavy atom. The van der Waals surface area contributed by atoms with Gasteiger partial charge in [-0.1, -0.05) is 50.2 Å². The molecule has 0 radical (unpaired) electrons. The summed E-state index contributed by atoms with van der Waals surface area (Å²) >= 11 is 0. The lowest BCUT2D eigenvalue weighted by Gasteiger charge is -2.41. The fourth-order valence-corrected chi connectivity index (χ4v) is 3.34. The van der Waals surface area contributed by atoms with Crippen LogP contribution < -0.4 is 5.32 Å². The molecule has 1 aromatic carbocycles. The van der Waals surface area contributed by atoms with Crippen molar-refractivity contribution in [1.29, 1.82) is 0 Å². The highest BCUT2D eigenvalue weighted by Crippen LogP contribution is 2.28. The van der Waals surface area contributed by atoms with Gasteiger partial charge in [-0.2, -0.15) is 0 Å². The first-order chi connectivity index (χ1) is 11.8. The highest BCUT2D eigenvalue weighted by molar-refractivity contribution is 5.35. The summed E-state index contributed by atoms with van der Waals surface area (Å²) in [4.78, 5) is 4.37. The average molecular weight is 326 g/mol. The SMILES string of the molecule is CC[C@H]1OC[C@H](Nc2ccccn2)[C@@H](OCc2ccccc2)[C@H]1C. The fourth-order valence-electron chi connectivity index (χ4n) is 3.34. The lowest BCUT2D eigenvalue weighted by molar-refractivity contribution is -0.124. The molecule has 0 unspecified atom stereocenters. The van der Waals surface area contributed by atoms with Crippen LogP contribution in [-0.2, 0) is 16.1 Å². The van der Waals surface area contributed by atoms with Crippen LogP contribution in [0.4, 0.5) is 5.82 Å². The number of rotatable bonds is 6. The Bertz CT molecular complexity index is 606. The molecule has 4 nitrogen and oxygen atoms in total. The number of aromatic nitrogens is 1. The Morgan fingerprint density at radius 2 is 1.96 bits per heavy atom. The van der Waals surface area contributed by atoms with Gasteiger partial charge in [-0.15, -0.1) is 0 Å². The maximum atomic E-state index is 6.33. The summed E-state index contributed by atoms with van der Waals surface area (Å²) in [5, 5.41) is 3.48. The molecule has 2 heterocycles. The van der Waals surface area contributed by atoms with Gasteiger partial charge in [0, 0.05) is 12.1 Å². The highest BCUT2D eigenvalue weighted by atomic mass is 16.5. The van der Waals surface area contributed by atoms with Gasteiger partial charge in [0.15, 0.2) is 0 Å². The van der Waals surface area contributed by atoms with Crippen LogP contribution in [0.3, 0.4) is 0 Å². The Kier molecular flexibility index (Phi) is 5.83. The Balaban J connectivity index is 1.70. The van der Waals surface area contributed by atoms with Crippen molar-refractivity contribution in [2.45, 2.75) is 45.1 Å². The first-order valence-corrected chi connectivity index (χ1v) is 8.72. The largest absolute Gasteiger partial charge is 0.376 e. The van der Waals surface area contributed by atoms with Crippen LogP contribution in [0.15, 0.2) is 54.7 Å². The number of pyridine rings is 1. The van der Waals surface area contributed by atoms with E-state index in [1.807, 2.05) is 36.4 Å². The monoisotopic (exact) mass is 326 g/mol. The molecule has 0 aliphatic carbocycles. The minimum absolute atomic E-state index is 0.0888. The summed E-state index contributed by atoms with van der Waals surface area (Å²) in [6.45, 7) is 5.64. The van der Waals surface area contributed by atoms with Crippen molar-refractivity contribution in [2.24, 2.45) is 5.92 Å². The summed E-state index contributed by atoms with van der Waals surface area (Å²) in [5.74, 6) is 1.19. The third-order valence-electron chi connectivity index (χ3n) is 4.68. The van der Waals surface area contributed by atoms with Crippen molar-refractivity contribution < 1.29 is 9.47 Å². The van der Waals surface area contributed by atoms with E-state index in [-0.39, 0.29) is 18.2 Å². The summed E-state index contributed by atoms with van der Waals surface area (Å²) in [7, 11) is 0. The van der Waals surface area contributed by atoms with E-state index in [0.29, 0.717) is 19.1 Å². The first kappa shape index (κ1) is 16.9. The molecule has 24 heavy (non-hydrogen) atoms. The van der Waals surface area contributed by atoms with Crippen LogP contribution in [0.1, 0.15) is 25.8 Å². The number of nitrogens with one attached hydrogen (secondary N) is 1. The molecule has 0 amide bonds. The summed E-state index contributed by atoms with van der Waals surface area (Å²) in [5.41, 5.74) is 1.20. The normalized spacial score (nSPS) is 26.9. The molecule has 1 saturated heterocycles. The Labute approximate surface area is 144 Å². The zero-order valence-corrected chi connectivity index (χ0v) is 14.4. The quantitative estimate of drug-likeness (QED) is 0.874. The molecule has 0 saturated carbocycles. The molecule has 1 aromatic heterocycles. The van der Waals surface area contributed by atoms with E-state index in [4.69, 9.17) is 9.47 Å². The predicted molar refractivity (Wildman–Crippen MR) is 95.9 cm³/mol. The van der Waals surface area contributed by atoms with Gasteiger partial charge in [0.25, 0.3) is 0 Å². The molecule has 4 heteroatoms. The predicted octanol–water partition coefficient (Wildman–Crippen LogP) is 3.89. The van der Waals surface area contributed by atoms with E-state index in [1.165, 1.54) is 5.56 Å². The molecular formula is C20H26N2O2. The minimum atomic E-state index is 0.0888. The zero-order chi connectivity index (χ0) is 16.8. The van der Waals surface area contributed by atoms with Crippen molar-refractivity contribution >= 4 is 5.82 Å². The van der Waals surface area contributed by atoms with Gasteiger partial charge in [0.05, 0.1) is 31.5 Å². The number of hydrogen-bond acceptors (Lipinski definition) is 4. The van der Waals surface area contributed by atoms with Gasteiger partial charge in [-0.05, 0) is 24.1 Å². The first-order valence-electron chi connectivity index (χ1n) is 8.72. The number of benzene rings is 1. The lowest BCUT2D eigenvalue weighted by atomic mass is 9.88. The second-order valence-corrected chi connectivity index (χ2v) is 6.37.